The molecule has 120 valence electrons. The second kappa shape index (κ2) is 7.29. The van der Waals surface area contributed by atoms with E-state index in [9.17, 15) is 8.42 Å². The highest BCUT2D eigenvalue weighted by atomic mass is 79.9. The number of hydrogen-bond donors (Lipinski definition) is 1. The number of ether oxygens (including phenoxy) is 1. The molecule has 1 unspecified atom stereocenters. The molecule has 0 heterocycles. The molecule has 1 aromatic carbocycles. The maximum absolute atomic E-state index is 11.4. The Balaban J connectivity index is 2.93. The number of hydrogen-bond acceptors (Lipinski definition) is 3. The van der Waals surface area contributed by atoms with Crippen LogP contribution < -0.4 is 9.88 Å². The van der Waals surface area contributed by atoms with Gasteiger partial charge >= 0.3 is 0 Å². The Morgan fingerprint density at radius 1 is 1.19 bits per heavy atom. The minimum absolute atomic E-state index is 0.109. The van der Waals surface area contributed by atoms with Crippen LogP contribution in [0.25, 0.3) is 0 Å². The zero-order valence-electron chi connectivity index (χ0n) is 12.0. The van der Waals surface area contributed by atoms with Gasteiger partial charge in [-0.2, -0.15) is 0 Å². The molecule has 0 spiro atoms. The molecule has 0 radical (unpaired) electrons. The smallest absolute Gasteiger partial charge is 0.209 e. The molecule has 0 amide bonds. The average Bonchev–Trinajstić information content (AvgIpc) is 2.22. The standard InChI is InChI=1S/C13H18Br3NO3S/c1-13(2,3)8(7-21(17,18)19)6-20-12-10(15)4-9(14)5-11(12)16/h4-5,8H,6-7H2,1-3H3,(H2,17,18,19). The van der Waals surface area contributed by atoms with Gasteiger partial charge < -0.3 is 4.74 Å². The van der Waals surface area contributed by atoms with E-state index in [0.29, 0.717) is 5.75 Å². The quantitative estimate of drug-likeness (QED) is 0.646. The Labute approximate surface area is 151 Å². The number of sulfonamides is 1. The molecule has 4 nitrogen and oxygen atoms in total. The van der Waals surface area contributed by atoms with Gasteiger partial charge in [-0.05, 0) is 49.4 Å². The summed E-state index contributed by atoms with van der Waals surface area (Å²) in [6.45, 7) is 6.17. The predicted octanol–water partition coefficient (Wildman–Crippen LogP) is 4.30. The van der Waals surface area contributed by atoms with Crippen LogP contribution in [0.4, 0.5) is 0 Å². The first kappa shape index (κ1) is 19.4. The van der Waals surface area contributed by atoms with Gasteiger partial charge in [-0.1, -0.05) is 36.7 Å². The molecule has 0 saturated heterocycles. The first-order valence-corrected chi connectivity index (χ1v) is 10.3. The van der Waals surface area contributed by atoms with E-state index in [1.54, 1.807) is 0 Å². The summed E-state index contributed by atoms with van der Waals surface area (Å²) in [5.41, 5.74) is -0.235. The first-order valence-electron chi connectivity index (χ1n) is 6.18. The maximum Gasteiger partial charge on any atom is 0.209 e. The van der Waals surface area contributed by atoms with Crippen molar-refractivity contribution in [3.05, 3.63) is 25.6 Å². The molecule has 0 fully saturated rings. The average molecular weight is 508 g/mol. The van der Waals surface area contributed by atoms with Crippen LogP contribution in [0.2, 0.25) is 0 Å². The molecule has 1 aromatic rings. The lowest BCUT2D eigenvalue weighted by molar-refractivity contribution is 0.162. The molecule has 0 saturated carbocycles. The van der Waals surface area contributed by atoms with Gasteiger partial charge in [0.05, 0.1) is 21.3 Å². The van der Waals surface area contributed by atoms with Crippen LogP contribution in [0.15, 0.2) is 25.6 Å². The van der Waals surface area contributed by atoms with Gasteiger partial charge in [0.2, 0.25) is 10.0 Å². The van der Waals surface area contributed by atoms with E-state index < -0.39 is 10.0 Å². The second-order valence-electron chi connectivity index (χ2n) is 5.90. The third kappa shape index (κ3) is 6.56. The molecule has 0 aliphatic rings. The molecular formula is C13H18Br3NO3S. The van der Waals surface area contributed by atoms with Crippen LogP contribution in [0.5, 0.6) is 5.75 Å². The SMILES string of the molecule is CC(C)(C)C(COc1c(Br)cc(Br)cc1Br)CS(N)(=O)=O. The molecule has 8 heteroatoms. The van der Waals surface area contributed by atoms with E-state index in [4.69, 9.17) is 9.88 Å². The summed E-state index contributed by atoms with van der Waals surface area (Å²) >= 11 is 10.3. The van der Waals surface area contributed by atoms with Gasteiger partial charge in [-0.15, -0.1) is 0 Å². The molecular weight excluding hydrogens is 490 g/mol. The lowest BCUT2D eigenvalue weighted by Crippen LogP contribution is -2.35. The summed E-state index contributed by atoms with van der Waals surface area (Å²) in [5, 5.41) is 5.17. The number of benzene rings is 1. The van der Waals surface area contributed by atoms with Crippen LogP contribution in [-0.4, -0.2) is 20.8 Å². The largest absolute Gasteiger partial charge is 0.491 e. The van der Waals surface area contributed by atoms with E-state index >= 15 is 0 Å². The van der Waals surface area contributed by atoms with Crippen molar-refractivity contribution in [2.24, 2.45) is 16.5 Å². The van der Waals surface area contributed by atoms with Gasteiger partial charge in [0.15, 0.2) is 0 Å². The van der Waals surface area contributed by atoms with Crippen LogP contribution in [0, 0.1) is 11.3 Å². The van der Waals surface area contributed by atoms with Crippen molar-refractivity contribution < 1.29 is 13.2 Å². The molecule has 1 atom stereocenters. The minimum atomic E-state index is -3.55. The fourth-order valence-corrected chi connectivity index (χ4v) is 5.32. The van der Waals surface area contributed by atoms with Gasteiger partial charge in [0, 0.05) is 10.4 Å². The van der Waals surface area contributed by atoms with E-state index in [1.165, 1.54) is 0 Å². The molecule has 0 bridgehead atoms. The summed E-state index contributed by atoms with van der Waals surface area (Å²) in [6.07, 6.45) is 0. The molecule has 0 aliphatic heterocycles. The van der Waals surface area contributed by atoms with E-state index in [0.717, 1.165) is 13.4 Å². The normalized spacial score (nSPS) is 14.0. The topological polar surface area (TPSA) is 69.4 Å². The summed E-state index contributed by atoms with van der Waals surface area (Å²) in [4.78, 5) is 0. The van der Waals surface area contributed by atoms with E-state index in [1.807, 2.05) is 32.9 Å². The van der Waals surface area contributed by atoms with Crippen LogP contribution in [0.3, 0.4) is 0 Å². The van der Waals surface area contributed by atoms with Crippen molar-refractivity contribution in [3.63, 3.8) is 0 Å². The van der Waals surface area contributed by atoms with Crippen LogP contribution in [-0.2, 0) is 10.0 Å². The van der Waals surface area contributed by atoms with Crippen molar-refractivity contribution in [1.29, 1.82) is 0 Å². The molecule has 21 heavy (non-hydrogen) atoms. The highest BCUT2D eigenvalue weighted by molar-refractivity contribution is 9.11. The molecule has 0 aromatic heterocycles. The minimum Gasteiger partial charge on any atom is -0.491 e. The van der Waals surface area contributed by atoms with Crippen LogP contribution in [0.1, 0.15) is 20.8 Å². The van der Waals surface area contributed by atoms with Crippen molar-refractivity contribution >= 4 is 57.8 Å². The molecule has 2 N–H and O–H groups in total. The van der Waals surface area contributed by atoms with Gasteiger partial charge in [-0.25, -0.2) is 13.6 Å². The Kier molecular flexibility index (Phi) is 6.74. The van der Waals surface area contributed by atoms with E-state index in [2.05, 4.69) is 47.8 Å². The third-order valence-corrected chi connectivity index (χ3v) is 5.55. The van der Waals surface area contributed by atoms with Crippen molar-refractivity contribution in [2.45, 2.75) is 20.8 Å². The number of halogens is 3. The Bertz CT molecular complexity index is 589. The highest BCUT2D eigenvalue weighted by Gasteiger charge is 2.29. The predicted molar refractivity (Wildman–Crippen MR) is 96.0 cm³/mol. The second-order valence-corrected chi connectivity index (χ2v) is 10.2. The third-order valence-electron chi connectivity index (χ3n) is 3.05. The summed E-state index contributed by atoms with van der Waals surface area (Å²) in [5.74, 6) is 0.319. The van der Waals surface area contributed by atoms with Gasteiger partial charge in [-0.3, -0.25) is 0 Å². The van der Waals surface area contributed by atoms with E-state index in [-0.39, 0.29) is 23.7 Å². The first-order chi connectivity index (χ1) is 9.40. The Morgan fingerprint density at radius 3 is 2.05 bits per heavy atom. The van der Waals surface area contributed by atoms with Gasteiger partial charge in [0.1, 0.15) is 5.75 Å². The summed E-state index contributed by atoms with van der Waals surface area (Å²) < 4.78 is 31.1. The summed E-state index contributed by atoms with van der Waals surface area (Å²) in [7, 11) is -3.55. The fourth-order valence-electron chi connectivity index (χ4n) is 1.68. The van der Waals surface area contributed by atoms with Crippen molar-refractivity contribution in [3.8, 4) is 5.75 Å². The highest BCUT2D eigenvalue weighted by Crippen LogP contribution is 2.37. The number of primary sulfonamides is 1. The maximum atomic E-state index is 11.4. The van der Waals surface area contributed by atoms with Crippen molar-refractivity contribution in [2.75, 3.05) is 12.4 Å². The lowest BCUT2D eigenvalue weighted by atomic mass is 9.82. The van der Waals surface area contributed by atoms with Crippen molar-refractivity contribution in [1.82, 2.24) is 0 Å². The Hall–Kier alpha value is 0.370. The molecule has 0 aliphatic carbocycles. The Morgan fingerprint density at radius 2 is 1.67 bits per heavy atom. The lowest BCUT2D eigenvalue weighted by Gasteiger charge is -2.30. The zero-order chi connectivity index (χ0) is 16.4. The van der Waals surface area contributed by atoms with Crippen LogP contribution >= 0.6 is 47.8 Å². The number of rotatable bonds is 5. The fraction of sp³-hybridized carbons (Fsp3) is 0.538. The zero-order valence-corrected chi connectivity index (χ0v) is 17.6. The monoisotopic (exact) mass is 505 g/mol. The number of nitrogens with two attached hydrogens (primary N) is 1. The molecule has 1 rings (SSSR count). The summed E-state index contributed by atoms with van der Waals surface area (Å²) in [6, 6.07) is 3.73. The van der Waals surface area contributed by atoms with Gasteiger partial charge in [0.25, 0.3) is 0 Å².